The zero-order valence-corrected chi connectivity index (χ0v) is 25.1. The number of phenolic OH excluding ortho intramolecular Hbond substituents is 1. The van der Waals surface area contributed by atoms with Gasteiger partial charge in [-0.15, -0.1) is 0 Å². The maximum absolute atomic E-state index is 16.8. The number of halogens is 3. The van der Waals surface area contributed by atoms with Gasteiger partial charge in [0.1, 0.15) is 41.4 Å². The van der Waals surface area contributed by atoms with Crippen molar-refractivity contribution in [2.45, 2.75) is 49.9 Å². The molecule has 3 atom stereocenters. The number of carbonyl (C=O) groups excluding carboxylic acids is 1. The van der Waals surface area contributed by atoms with Gasteiger partial charge in [-0.1, -0.05) is 6.07 Å². The molecule has 6 bridgehead atoms. The standard InChI is InChI=1S/C33H33F3N6O4/c34-19-11-33(6-2-7-42(33)14-19)17-46-32-39-30-24-13-38-29(28(30)36)23-10-20(43)9-18-4-5-25(35)22(27(18)23)3-1-8-45-21-12-37-26(44)16-41(15-21)31(24)40-32/h4-5,9-10,13,19,21,43H,1-3,6-8,11-12,14-17H2,(H,37,44)/t19-,21-,33+/m1/s1. The van der Waals surface area contributed by atoms with E-state index in [9.17, 15) is 14.3 Å². The summed E-state index contributed by atoms with van der Waals surface area (Å²) >= 11 is 0. The zero-order valence-electron chi connectivity index (χ0n) is 25.1. The lowest BCUT2D eigenvalue weighted by Gasteiger charge is -2.31. The number of hydrogen-bond donors (Lipinski definition) is 2. The first-order chi connectivity index (χ1) is 22.3. The fraction of sp³-hybridized carbons (Fsp3) is 0.455. The Hall–Kier alpha value is -4.23. The Morgan fingerprint density at radius 1 is 1.17 bits per heavy atom. The molecular formula is C33H33F3N6O4. The van der Waals surface area contributed by atoms with E-state index in [0.717, 1.165) is 19.4 Å². The molecule has 9 rings (SSSR count). The van der Waals surface area contributed by atoms with E-state index < -0.39 is 29.4 Å². The Bertz CT molecular complexity index is 1880. The van der Waals surface area contributed by atoms with Crippen molar-refractivity contribution in [3.05, 3.63) is 47.7 Å². The Morgan fingerprint density at radius 2 is 2.07 bits per heavy atom. The molecular weight excluding hydrogens is 601 g/mol. The number of amides is 1. The average molecular weight is 635 g/mol. The molecule has 46 heavy (non-hydrogen) atoms. The highest BCUT2D eigenvalue weighted by atomic mass is 19.1. The number of nitrogens with one attached hydrogen (secondary N) is 1. The normalized spacial score (nSPS) is 25.0. The third-order valence-electron chi connectivity index (χ3n) is 9.79. The number of benzene rings is 2. The minimum atomic E-state index is -0.954. The molecule has 0 unspecified atom stereocenters. The van der Waals surface area contributed by atoms with Crippen molar-refractivity contribution < 1.29 is 32.5 Å². The molecule has 2 aromatic heterocycles. The molecule has 7 heterocycles. The van der Waals surface area contributed by atoms with Gasteiger partial charge in [-0.05, 0) is 66.8 Å². The number of hydrogen-bond acceptors (Lipinski definition) is 9. The van der Waals surface area contributed by atoms with Crippen LogP contribution < -0.4 is 15.0 Å². The smallest absolute Gasteiger partial charge is 0.319 e. The van der Waals surface area contributed by atoms with Gasteiger partial charge in [-0.3, -0.25) is 14.7 Å². The monoisotopic (exact) mass is 634 g/mol. The van der Waals surface area contributed by atoms with Crippen LogP contribution in [0.3, 0.4) is 0 Å². The molecule has 0 saturated carbocycles. The Labute approximate surface area is 262 Å². The molecule has 10 nitrogen and oxygen atoms in total. The summed E-state index contributed by atoms with van der Waals surface area (Å²) < 4.78 is 59.1. The van der Waals surface area contributed by atoms with Crippen LogP contribution in [-0.2, 0) is 16.0 Å². The van der Waals surface area contributed by atoms with Gasteiger partial charge in [0.2, 0.25) is 5.91 Å². The molecule has 0 radical (unpaired) electrons. The van der Waals surface area contributed by atoms with E-state index in [0.29, 0.717) is 35.7 Å². The fourth-order valence-electron chi connectivity index (χ4n) is 7.70. The quantitative estimate of drug-likeness (QED) is 0.345. The lowest BCUT2D eigenvalue weighted by atomic mass is 9.93. The Morgan fingerprint density at radius 3 is 2.96 bits per heavy atom. The summed E-state index contributed by atoms with van der Waals surface area (Å²) in [4.78, 5) is 30.3. The molecule has 0 spiro atoms. The highest BCUT2D eigenvalue weighted by Crippen LogP contribution is 2.42. The maximum atomic E-state index is 16.8. The number of carbonyl (C=O) groups is 1. The van der Waals surface area contributed by atoms with Crippen LogP contribution in [-0.4, -0.2) is 94.6 Å². The van der Waals surface area contributed by atoms with Gasteiger partial charge in [0.25, 0.3) is 0 Å². The van der Waals surface area contributed by atoms with Gasteiger partial charge in [-0.2, -0.15) is 9.97 Å². The molecule has 240 valence electrons. The second-order valence-corrected chi connectivity index (χ2v) is 12.8. The van der Waals surface area contributed by atoms with E-state index >= 15 is 8.78 Å². The second kappa shape index (κ2) is 11.2. The van der Waals surface area contributed by atoms with Crippen LogP contribution in [0.2, 0.25) is 0 Å². The number of rotatable bonds is 3. The van der Waals surface area contributed by atoms with Crippen LogP contribution in [0.4, 0.5) is 19.0 Å². The summed E-state index contributed by atoms with van der Waals surface area (Å²) in [5, 5.41) is 14.7. The molecule has 0 aliphatic carbocycles. The van der Waals surface area contributed by atoms with Gasteiger partial charge in [0.15, 0.2) is 5.82 Å². The van der Waals surface area contributed by atoms with Crippen LogP contribution in [0.15, 0.2) is 30.5 Å². The minimum absolute atomic E-state index is 0.0696. The average Bonchev–Trinajstić information content (AvgIpc) is 3.48. The number of anilines is 1. The third-order valence-corrected chi connectivity index (χ3v) is 9.79. The first kappa shape index (κ1) is 29.2. The van der Waals surface area contributed by atoms with Gasteiger partial charge >= 0.3 is 6.01 Å². The molecule has 13 heteroatoms. The third kappa shape index (κ3) is 4.96. The number of phenols is 1. The first-order valence-electron chi connectivity index (χ1n) is 15.7. The highest BCUT2D eigenvalue weighted by Gasteiger charge is 2.49. The van der Waals surface area contributed by atoms with E-state index in [2.05, 4.69) is 25.2 Å². The van der Waals surface area contributed by atoms with Gasteiger partial charge < -0.3 is 24.8 Å². The van der Waals surface area contributed by atoms with Crippen LogP contribution in [0.25, 0.3) is 32.9 Å². The molecule has 2 N–H and O–H groups in total. The Balaban J connectivity index is 1.32. The topological polar surface area (TPSA) is 113 Å². The second-order valence-electron chi connectivity index (χ2n) is 12.8. The van der Waals surface area contributed by atoms with Gasteiger partial charge in [-0.25, -0.2) is 13.2 Å². The summed E-state index contributed by atoms with van der Waals surface area (Å²) in [6, 6.07) is 5.66. The van der Waals surface area contributed by atoms with Crippen molar-refractivity contribution in [1.29, 1.82) is 0 Å². The molecule has 3 saturated heterocycles. The number of aromatic hydroxyl groups is 1. The number of aryl methyl sites for hydroxylation is 1. The van der Waals surface area contributed by atoms with Crippen LogP contribution in [0.1, 0.15) is 31.2 Å². The fourth-order valence-corrected chi connectivity index (χ4v) is 7.70. The summed E-state index contributed by atoms with van der Waals surface area (Å²) in [7, 11) is 0. The summed E-state index contributed by atoms with van der Waals surface area (Å²) in [6.07, 6.45) is 2.83. The van der Waals surface area contributed by atoms with Crippen molar-refractivity contribution in [1.82, 2.24) is 25.2 Å². The van der Waals surface area contributed by atoms with E-state index in [1.807, 2.05) is 0 Å². The molecule has 3 fully saturated rings. The summed E-state index contributed by atoms with van der Waals surface area (Å²) in [5.41, 5.74) is -0.133. The molecule has 2 aromatic carbocycles. The number of nitrogens with zero attached hydrogens (tertiary/aromatic N) is 5. The number of ether oxygens (including phenoxy) is 2. The van der Waals surface area contributed by atoms with Crippen LogP contribution in [0, 0.1) is 11.6 Å². The van der Waals surface area contributed by atoms with Crippen LogP contribution >= 0.6 is 0 Å². The highest BCUT2D eigenvalue weighted by molar-refractivity contribution is 6.02. The lowest BCUT2D eigenvalue weighted by Crippen LogP contribution is -2.43. The Kier molecular flexibility index (Phi) is 7.13. The van der Waals surface area contributed by atoms with E-state index in [1.54, 1.807) is 11.0 Å². The van der Waals surface area contributed by atoms with E-state index in [-0.39, 0.29) is 84.9 Å². The summed E-state index contributed by atoms with van der Waals surface area (Å²) in [6.45, 7) is 1.99. The van der Waals surface area contributed by atoms with Crippen molar-refractivity contribution in [2.75, 3.05) is 50.8 Å². The van der Waals surface area contributed by atoms with E-state index in [1.165, 1.54) is 24.4 Å². The minimum Gasteiger partial charge on any atom is -0.508 e. The number of fused-ring (bicyclic) bond motifs is 5. The number of aromatic nitrogens is 3. The predicted octanol–water partition coefficient (Wildman–Crippen LogP) is 4.05. The van der Waals surface area contributed by atoms with Crippen molar-refractivity contribution in [2.24, 2.45) is 0 Å². The molecule has 5 aliphatic rings. The molecule has 4 aromatic rings. The van der Waals surface area contributed by atoms with Crippen LogP contribution in [0.5, 0.6) is 11.8 Å². The number of pyridine rings is 1. The lowest BCUT2D eigenvalue weighted by molar-refractivity contribution is -0.119. The van der Waals surface area contributed by atoms with E-state index in [4.69, 9.17) is 9.47 Å². The number of alkyl halides is 1. The van der Waals surface area contributed by atoms with Gasteiger partial charge in [0, 0.05) is 44.4 Å². The largest absolute Gasteiger partial charge is 0.508 e. The van der Waals surface area contributed by atoms with Crippen molar-refractivity contribution in [3.8, 4) is 23.0 Å². The van der Waals surface area contributed by atoms with Crippen molar-refractivity contribution >= 4 is 33.4 Å². The first-order valence-corrected chi connectivity index (χ1v) is 15.7. The SMILES string of the molecule is O=C1CN2C[C@@H](CN1)OCCCc1c(F)ccc3cc(O)cc(c13)-c1ncc3c2nc(OC[C@@]24CCCN2C[C@H](F)C4)nc3c1F. The molecule has 1 amide bonds. The molecule has 5 aliphatic heterocycles. The van der Waals surface area contributed by atoms with Gasteiger partial charge in [0.05, 0.1) is 23.6 Å². The predicted molar refractivity (Wildman–Crippen MR) is 164 cm³/mol. The zero-order chi connectivity index (χ0) is 31.6. The van der Waals surface area contributed by atoms with Crippen molar-refractivity contribution in [3.63, 3.8) is 0 Å². The maximum Gasteiger partial charge on any atom is 0.319 e. The summed E-state index contributed by atoms with van der Waals surface area (Å²) in [5.74, 6) is -1.40.